The van der Waals surface area contributed by atoms with E-state index in [1.807, 2.05) is 25.8 Å². The summed E-state index contributed by atoms with van der Waals surface area (Å²) in [6.07, 6.45) is 2.69. The number of hydrogen-bond donors (Lipinski definition) is 0. The zero-order valence-electron chi connectivity index (χ0n) is 18.8. The number of aromatic nitrogens is 5. The number of amides is 1. The SMILES string of the molecule is CN1C(=O)C(C)(C)N(C)c2nc(CCc3cnn(Cc4cccnc4C(F)(F)F)c3)ncc21. The van der Waals surface area contributed by atoms with Crippen LogP contribution < -0.4 is 9.80 Å². The van der Waals surface area contributed by atoms with Crippen LogP contribution in [0.5, 0.6) is 0 Å². The topological polar surface area (TPSA) is 80.0 Å². The highest BCUT2D eigenvalue weighted by Crippen LogP contribution is 2.36. The predicted molar refractivity (Wildman–Crippen MR) is 116 cm³/mol. The molecule has 1 aliphatic rings. The van der Waals surface area contributed by atoms with Gasteiger partial charge in [-0.1, -0.05) is 6.07 Å². The Bertz CT molecular complexity index is 1190. The van der Waals surface area contributed by atoms with Crippen LogP contribution in [0.15, 0.2) is 36.9 Å². The number of pyridine rings is 1. The summed E-state index contributed by atoms with van der Waals surface area (Å²) in [6, 6.07) is 2.88. The van der Waals surface area contributed by atoms with E-state index in [-0.39, 0.29) is 18.0 Å². The fourth-order valence-electron chi connectivity index (χ4n) is 3.81. The van der Waals surface area contributed by atoms with Crippen molar-refractivity contribution in [2.45, 2.75) is 44.9 Å². The number of nitrogens with zero attached hydrogens (tertiary/aromatic N) is 7. The summed E-state index contributed by atoms with van der Waals surface area (Å²) in [5.74, 6) is 1.25. The van der Waals surface area contributed by atoms with Gasteiger partial charge in [0.1, 0.15) is 22.7 Å². The maximum atomic E-state index is 13.2. The smallest absolute Gasteiger partial charge is 0.344 e. The molecule has 3 aromatic rings. The Kier molecular flexibility index (Phi) is 5.59. The number of halogens is 3. The molecule has 3 aromatic heterocycles. The highest BCUT2D eigenvalue weighted by Gasteiger charge is 2.42. The number of hydrogen-bond acceptors (Lipinski definition) is 6. The molecule has 174 valence electrons. The van der Waals surface area contributed by atoms with E-state index < -0.39 is 17.4 Å². The van der Waals surface area contributed by atoms with Gasteiger partial charge in [-0.15, -0.1) is 0 Å². The third-order valence-electron chi connectivity index (χ3n) is 5.96. The van der Waals surface area contributed by atoms with Crippen molar-refractivity contribution >= 4 is 17.4 Å². The number of fused-ring (bicyclic) bond motifs is 1. The van der Waals surface area contributed by atoms with Crippen molar-refractivity contribution in [3.8, 4) is 0 Å². The van der Waals surface area contributed by atoms with Gasteiger partial charge >= 0.3 is 6.18 Å². The van der Waals surface area contributed by atoms with Crippen LogP contribution in [0.2, 0.25) is 0 Å². The zero-order chi connectivity index (χ0) is 24.0. The summed E-state index contributed by atoms with van der Waals surface area (Å²) in [5.41, 5.74) is -0.0668. The van der Waals surface area contributed by atoms with E-state index in [4.69, 9.17) is 0 Å². The molecule has 0 aromatic carbocycles. The molecule has 33 heavy (non-hydrogen) atoms. The molecule has 0 fully saturated rings. The Hall–Kier alpha value is -3.50. The van der Waals surface area contributed by atoms with E-state index in [9.17, 15) is 18.0 Å². The molecule has 1 amide bonds. The van der Waals surface area contributed by atoms with E-state index in [2.05, 4.69) is 20.1 Å². The molecule has 4 rings (SSSR count). The number of aryl methyl sites for hydroxylation is 2. The van der Waals surface area contributed by atoms with E-state index in [0.717, 1.165) is 11.8 Å². The lowest BCUT2D eigenvalue weighted by Crippen LogP contribution is -2.58. The second-order valence-corrected chi connectivity index (χ2v) is 8.53. The minimum absolute atomic E-state index is 0.0295. The van der Waals surface area contributed by atoms with Gasteiger partial charge in [0.05, 0.1) is 18.9 Å². The predicted octanol–water partition coefficient (Wildman–Crippen LogP) is 3.11. The number of anilines is 2. The van der Waals surface area contributed by atoms with Gasteiger partial charge in [0.25, 0.3) is 5.91 Å². The first-order valence-corrected chi connectivity index (χ1v) is 10.4. The summed E-state index contributed by atoms with van der Waals surface area (Å²) in [7, 11) is 3.54. The van der Waals surface area contributed by atoms with Crippen molar-refractivity contribution in [3.63, 3.8) is 0 Å². The normalized spacial score (nSPS) is 15.7. The standard InChI is InChI=1S/C22H24F3N7O/c1-21(2)20(33)30(3)16-11-27-17(29-19(16)31(21)4)8-7-14-10-28-32(12-14)13-15-6-5-9-26-18(15)22(23,24)25/h5-6,9-12H,7-8,13H2,1-4H3. The Morgan fingerprint density at radius 1 is 1.09 bits per heavy atom. The lowest BCUT2D eigenvalue weighted by Gasteiger charge is -2.43. The molecule has 0 saturated heterocycles. The quantitative estimate of drug-likeness (QED) is 0.583. The third-order valence-corrected chi connectivity index (χ3v) is 5.96. The second-order valence-electron chi connectivity index (χ2n) is 8.53. The molecule has 0 unspecified atom stereocenters. The molecular weight excluding hydrogens is 435 g/mol. The van der Waals surface area contributed by atoms with Gasteiger partial charge in [-0.25, -0.2) is 9.97 Å². The molecule has 1 aliphatic heterocycles. The molecule has 0 bridgehead atoms. The van der Waals surface area contributed by atoms with Gasteiger partial charge in [0, 0.05) is 38.5 Å². The number of carbonyl (C=O) groups excluding carboxylic acids is 1. The molecule has 0 aliphatic carbocycles. The van der Waals surface area contributed by atoms with Crippen molar-refractivity contribution in [2.75, 3.05) is 23.9 Å². The molecule has 4 heterocycles. The van der Waals surface area contributed by atoms with E-state index >= 15 is 0 Å². The molecular formula is C22H24F3N7O. The maximum Gasteiger partial charge on any atom is 0.433 e. The Balaban J connectivity index is 1.47. The largest absolute Gasteiger partial charge is 0.433 e. The van der Waals surface area contributed by atoms with Gasteiger partial charge in [0.2, 0.25) is 0 Å². The van der Waals surface area contributed by atoms with Crippen LogP contribution in [0.3, 0.4) is 0 Å². The zero-order valence-corrected chi connectivity index (χ0v) is 18.8. The van der Waals surface area contributed by atoms with Crippen molar-refractivity contribution in [1.82, 2.24) is 24.7 Å². The molecule has 0 N–H and O–H groups in total. The lowest BCUT2D eigenvalue weighted by molar-refractivity contribution is -0.141. The molecule has 0 atom stereocenters. The first-order valence-electron chi connectivity index (χ1n) is 10.4. The number of likely N-dealkylation sites (N-methyl/N-ethyl adjacent to an activating group) is 2. The molecule has 8 nitrogen and oxygen atoms in total. The lowest BCUT2D eigenvalue weighted by atomic mass is 9.98. The molecule has 0 saturated carbocycles. The number of carbonyl (C=O) groups is 1. The van der Waals surface area contributed by atoms with E-state index in [0.29, 0.717) is 30.2 Å². The van der Waals surface area contributed by atoms with Gasteiger partial charge < -0.3 is 9.80 Å². The fourth-order valence-corrected chi connectivity index (χ4v) is 3.81. The average Bonchev–Trinajstić information content (AvgIpc) is 3.22. The number of alkyl halides is 3. The monoisotopic (exact) mass is 459 g/mol. The fraction of sp³-hybridized carbons (Fsp3) is 0.409. The average molecular weight is 459 g/mol. The summed E-state index contributed by atoms with van der Waals surface area (Å²) in [5, 5.41) is 4.19. The second kappa shape index (κ2) is 8.13. The summed E-state index contributed by atoms with van der Waals surface area (Å²) < 4.78 is 41.0. The van der Waals surface area contributed by atoms with Crippen LogP contribution in [-0.4, -0.2) is 50.3 Å². The van der Waals surface area contributed by atoms with Crippen LogP contribution >= 0.6 is 0 Å². The van der Waals surface area contributed by atoms with Gasteiger partial charge in [0.15, 0.2) is 5.82 Å². The van der Waals surface area contributed by atoms with Crippen LogP contribution in [0, 0.1) is 0 Å². The van der Waals surface area contributed by atoms with Crippen molar-refractivity contribution in [3.05, 3.63) is 59.6 Å². The Morgan fingerprint density at radius 2 is 1.85 bits per heavy atom. The molecule has 0 spiro atoms. The first-order chi connectivity index (χ1) is 15.5. The van der Waals surface area contributed by atoms with E-state index in [1.54, 1.807) is 30.5 Å². The van der Waals surface area contributed by atoms with Gasteiger partial charge in [-0.05, 0) is 31.9 Å². The highest BCUT2D eigenvalue weighted by molar-refractivity contribution is 6.06. The van der Waals surface area contributed by atoms with Gasteiger partial charge in [-0.2, -0.15) is 18.3 Å². The molecule has 11 heteroatoms. The maximum absolute atomic E-state index is 13.2. The molecule has 0 radical (unpaired) electrons. The van der Waals surface area contributed by atoms with Crippen LogP contribution in [-0.2, 0) is 30.4 Å². The summed E-state index contributed by atoms with van der Waals surface area (Å²) in [6.45, 7) is 3.66. The van der Waals surface area contributed by atoms with Crippen LogP contribution in [0.1, 0.15) is 36.5 Å². The summed E-state index contributed by atoms with van der Waals surface area (Å²) in [4.78, 5) is 28.5. The van der Waals surface area contributed by atoms with Gasteiger partial charge in [-0.3, -0.25) is 14.5 Å². The number of rotatable bonds is 5. The van der Waals surface area contributed by atoms with Crippen molar-refractivity contribution in [2.24, 2.45) is 0 Å². The highest BCUT2D eigenvalue weighted by atomic mass is 19.4. The Labute approximate surface area is 189 Å². The first kappa shape index (κ1) is 22.7. The van der Waals surface area contributed by atoms with Crippen molar-refractivity contribution < 1.29 is 18.0 Å². The van der Waals surface area contributed by atoms with Crippen molar-refractivity contribution in [1.29, 1.82) is 0 Å². The summed E-state index contributed by atoms with van der Waals surface area (Å²) >= 11 is 0. The minimum atomic E-state index is -4.52. The van der Waals surface area contributed by atoms with Crippen LogP contribution in [0.4, 0.5) is 24.7 Å². The third kappa shape index (κ3) is 4.27. The van der Waals surface area contributed by atoms with E-state index in [1.165, 1.54) is 16.8 Å². The minimum Gasteiger partial charge on any atom is -0.344 e. The van der Waals surface area contributed by atoms with Crippen LogP contribution in [0.25, 0.3) is 0 Å². The Morgan fingerprint density at radius 3 is 2.58 bits per heavy atom.